The number of nitrogens with zero attached hydrogens (tertiary/aromatic N) is 1. The van der Waals surface area contributed by atoms with Gasteiger partial charge in [-0.1, -0.05) is 36.4 Å². The third kappa shape index (κ3) is 5.24. The van der Waals surface area contributed by atoms with Gasteiger partial charge in [0, 0.05) is 0 Å². The van der Waals surface area contributed by atoms with E-state index in [1.54, 1.807) is 48.5 Å². The molecule has 3 amide bonds. The van der Waals surface area contributed by atoms with Crippen LogP contribution in [0.15, 0.2) is 78.5 Å². The lowest BCUT2D eigenvalue weighted by Gasteiger charge is -2.11. The molecule has 1 fully saturated rings. The van der Waals surface area contributed by atoms with Crippen LogP contribution in [0.4, 0.5) is 9.18 Å². The highest BCUT2D eigenvalue weighted by Gasteiger charge is 2.33. The van der Waals surface area contributed by atoms with E-state index in [0.29, 0.717) is 16.9 Å². The Balaban J connectivity index is 1.39. The maximum absolute atomic E-state index is 13.1. The molecular formula is C25H19FN2O5. The first kappa shape index (κ1) is 21.8. The number of carbonyl (C=O) groups excluding carboxylic acids is 2. The van der Waals surface area contributed by atoms with Crippen LogP contribution in [0, 0.1) is 5.82 Å². The molecule has 0 unspecified atom stereocenters. The lowest BCUT2D eigenvalue weighted by molar-refractivity contribution is -0.123. The van der Waals surface area contributed by atoms with Crippen LogP contribution in [0.3, 0.4) is 0 Å². The fraction of sp³-hybridized carbons (Fsp3) is 0.0800. The maximum atomic E-state index is 13.1. The van der Waals surface area contributed by atoms with E-state index in [2.05, 4.69) is 5.32 Å². The third-order valence-corrected chi connectivity index (χ3v) is 4.99. The number of nitrogens with one attached hydrogen (secondary N) is 1. The van der Waals surface area contributed by atoms with Gasteiger partial charge in [0.25, 0.3) is 5.91 Å². The van der Waals surface area contributed by atoms with Crippen molar-refractivity contribution in [3.8, 4) is 5.75 Å². The van der Waals surface area contributed by atoms with Crippen molar-refractivity contribution in [2.24, 2.45) is 0 Å². The number of benzene rings is 3. The first-order valence-corrected chi connectivity index (χ1v) is 10.0. The molecule has 0 aromatic heterocycles. The van der Waals surface area contributed by atoms with E-state index in [0.717, 1.165) is 10.5 Å². The first-order valence-electron chi connectivity index (χ1n) is 10.0. The van der Waals surface area contributed by atoms with E-state index in [1.807, 2.05) is 0 Å². The second kappa shape index (κ2) is 9.35. The Morgan fingerprint density at radius 3 is 2.42 bits per heavy atom. The highest BCUT2D eigenvalue weighted by atomic mass is 19.1. The lowest BCUT2D eigenvalue weighted by Crippen LogP contribution is -2.30. The minimum Gasteiger partial charge on any atom is -0.489 e. The van der Waals surface area contributed by atoms with Crippen LogP contribution in [0.5, 0.6) is 5.75 Å². The van der Waals surface area contributed by atoms with Gasteiger partial charge in [-0.2, -0.15) is 0 Å². The molecule has 0 bridgehead atoms. The Kier molecular flexibility index (Phi) is 6.17. The molecule has 1 aliphatic heterocycles. The van der Waals surface area contributed by atoms with Crippen molar-refractivity contribution in [1.29, 1.82) is 0 Å². The fourth-order valence-corrected chi connectivity index (χ4v) is 3.28. The smallest absolute Gasteiger partial charge is 0.335 e. The highest BCUT2D eigenvalue weighted by Crippen LogP contribution is 2.20. The number of urea groups is 1. The van der Waals surface area contributed by atoms with Crippen LogP contribution < -0.4 is 10.1 Å². The summed E-state index contributed by atoms with van der Waals surface area (Å²) in [4.78, 5) is 37.0. The molecule has 7 nitrogen and oxygen atoms in total. The van der Waals surface area contributed by atoms with Crippen molar-refractivity contribution in [2.75, 3.05) is 0 Å². The van der Waals surface area contributed by atoms with Crippen molar-refractivity contribution in [3.05, 3.63) is 107 Å². The minimum absolute atomic E-state index is 0.0398. The Morgan fingerprint density at radius 1 is 1.00 bits per heavy atom. The Hall–Kier alpha value is -4.46. The first-order chi connectivity index (χ1) is 15.9. The van der Waals surface area contributed by atoms with Gasteiger partial charge in [-0.15, -0.1) is 0 Å². The maximum Gasteiger partial charge on any atom is 0.335 e. The van der Waals surface area contributed by atoms with Crippen molar-refractivity contribution in [3.63, 3.8) is 0 Å². The number of amides is 3. The zero-order valence-corrected chi connectivity index (χ0v) is 17.3. The molecule has 166 valence electrons. The van der Waals surface area contributed by atoms with Crippen LogP contribution in [-0.2, 0) is 17.9 Å². The molecule has 1 heterocycles. The number of hydrogen-bond acceptors (Lipinski definition) is 4. The van der Waals surface area contributed by atoms with Crippen LogP contribution in [0.2, 0.25) is 0 Å². The summed E-state index contributed by atoms with van der Waals surface area (Å²) in [6.07, 6.45) is 1.56. The number of carbonyl (C=O) groups is 3. The molecule has 1 aliphatic rings. The summed E-state index contributed by atoms with van der Waals surface area (Å²) in [6.45, 7) is 0.243. The van der Waals surface area contributed by atoms with E-state index in [9.17, 15) is 18.8 Å². The molecule has 8 heteroatoms. The van der Waals surface area contributed by atoms with E-state index < -0.39 is 23.7 Å². The second-order valence-electron chi connectivity index (χ2n) is 7.37. The largest absolute Gasteiger partial charge is 0.489 e. The molecule has 3 aromatic rings. The van der Waals surface area contributed by atoms with Gasteiger partial charge in [0.1, 0.15) is 23.9 Å². The molecule has 33 heavy (non-hydrogen) atoms. The van der Waals surface area contributed by atoms with Gasteiger partial charge < -0.3 is 15.2 Å². The van der Waals surface area contributed by atoms with E-state index in [1.165, 1.54) is 30.3 Å². The number of imide groups is 1. The Labute approximate surface area is 188 Å². The molecule has 0 saturated carbocycles. The third-order valence-electron chi connectivity index (χ3n) is 4.99. The van der Waals surface area contributed by atoms with Crippen molar-refractivity contribution >= 4 is 24.0 Å². The van der Waals surface area contributed by atoms with E-state index >= 15 is 0 Å². The Bertz CT molecular complexity index is 1240. The molecular weight excluding hydrogens is 427 g/mol. The number of carboxylic acid groups (broad SMARTS) is 1. The van der Waals surface area contributed by atoms with Crippen LogP contribution in [-0.4, -0.2) is 27.9 Å². The zero-order chi connectivity index (χ0) is 23.4. The normalized spacial score (nSPS) is 14.5. The summed E-state index contributed by atoms with van der Waals surface area (Å²) in [5, 5.41) is 11.6. The van der Waals surface area contributed by atoms with Gasteiger partial charge in [0.05, 0.1) is 12.1 Å². The molecule has 0 aliphatic carbocycles. The summed E-state index contributed by atoms with van der Waals surface area (Å²) in [7, 11) is 0. The summed E-state index contributed by atoms with van der Waals surface area (Å²) < 4.78 is 18.8. The molecule has 0 spiro atoms. The summed E-state index contributed by atoms with van der Waals surface area (Å²) >= 11 is 0. The van der Waals surface area contributed by atoms with Gasteiger partial charge in [-0.25, -0.2) is 14.0 Å². The number of ether oxygens (including phenoxy) is 1. The zero-order valence-electron chi connectivity index (χ0n) is 17.3. The predicted molar refractivity (Wildman–Crippen MR) is 118 cm³/mol. The molecule has 0 radical (unpaired) electrons. The molecule has 4 rings (SSSR count). The van der Waals surface area contributed by atoms with Gasteiger partial charge in [-0.3, -0.25) is 9.69 Å². The number of rotatable bonds is 7. The number of halogens is 1. The lowest BCUT2D eigenvalue weighted by atomic mass is 10.1. The Morgan fingerprint density at radius 2 is 1.73 bits per heavy atom. The van der Waals surface area contributed by atoms with E-state index in [4.69, 9.17) is 9.84 Å². The van der Waals surface area contributed by atoms with Gasteiger partial charge in [-0.05, 0) is 59.2 Å². The van der Waals surface area contributed by atoms with E-state index in [-0.39, 0.29) is 24.4 Å². The van der Waals surface area contributed by atoms with Gasteiger partial charge in [0.15, 0.2) is 0 Å². The van der Waals surface area contributed by atoms with Crippen LogP contribution >= 0.6 is 0 Å². The summed E-state index contributed by atoms with van der Waals surface area (Å²) in [5.74, 6) is -1.29. The van der Waals surface area contributed by atoms with Gasteiger partial charge in [0.2, 0.25) is 0 Å². The van der Waals surface area contributed by atoms with Crippen LogP contribution in [0.25, 0.3) is 6.08 Å². The second-order valence-corrected chi connectivity index (χ2v) is 7.37. The fourth-order valence-electron chi connectivity index (χ4n) is 3.28. The standard InChI is InChI=1S/C25H19FN2O5/c26-20-8-4-17(5-9-20)14-28-23(29)22(27-25(28)32)13-16-6-10-21(11-7-16)33-15-18-2-1-3-19(12-18)24(30)31/h1-13H,14-15H2,(H,27,32)(H,30,31). The number of hydrogen-bond donors (Lipinski definition) is 2. The molecule has 2 N–H and O–H groups in total. The average molecular weight is 446 g/mol. The SMILES string of the molecule is O=C(O)c1cccc(COc2ccc(C=C3NC(=O)N(Cc4ccc(F)cc4)C3=O)cc2)c1. The quantitative estimate of drug-likeness (QED) is 0.419. The van der Waals surface area contributed by atoms with Crippen LogP contribution in [0.1, 0.15) is 27.0 Å². The molecule has 3 aromatic carbocycles. The van der Waals surface area contributed by atoms with Crippen molar-refractivity contribution in [2.45, 2.75) is 13.2 Å². The van der Waals surface area contributed by atoms with Gasteiger partial charge >= 0.3 is 12.0 Å². The number of carboxylic acids is 1. The number of aromatic carboxylic acids is 1. The van der Waals surface area contributed by atoms with Crippen molar-refractivity contribution in [1.82, 2.24) is 10.2 Å². The average Bonchev–Trinajstić information content (AvgIpc) is 3.07. The molecule has 1 saturated heterocycles. The summed E-state index contributed by atoms with van der Waals surface area (Å²) in [6, 6.07) is 18.4. The topological polar surface area (TPSA) is 95.9 Å². The monoisotopic (exact) mass is 446 g/mol. The minimum atomic E-state index is -1.00. The highest BCUT2D eigenvalue weighted by molar-refractivity contribution is 6.13. The molecule has 0 atom stereocenters. The van der Waals surface area contributed by atoms with Crippen molar-refractivity contribution < 1.29 is 28.6 Å². The summed E-state index contributed by atoms with van der Waals surface area (Å²) in [5.41, 5.74) is 2.37. The predicted octanol–water partition coefficient (Wildman–Crippen LogP) is 4.20.